The second-order valence-corrected chi connectivity index (χ2v) is 29.6. The molecule has 17 nitrogen and oxygen atoms in total. The molecule has 5 atom stereocenters. The van der Waals surface area contributed by atoms with E-state index in [2.05, 4.69) is 27.7 Å². The molecule has 19 heteroatoms. The molecule has 0 aliphatic heterocycles. The van der Waals surface area contributed by atoms with E-state index in [4.69, 9.17) is 37.0 Å². The van der Waals surface area contributed by atoms with Crippen molar-refractivity contribution in [3.8, 4) is 0 Å². The molecule has 3 N–H and O–H groups in total. The normalized spacial score (nSPS) is 13.9. The standard InChI is InChI=1S/C74H144O17P2/c1-5-9-13-17-21-24-27-30-31-32-33-34-35-36-39-42-45-49-53-57-61-74(79)91-70(65-85-72(77)59-55-51-47-43-40-37-28-25-22-18-14-10-6-2)67-89-93(82,83)87-63-68(75)62-86-92(80,81)88-66-69(64-84-71(76)58-54-50-46-20-16-12-8-4)90-73(78)60-56-52-48-44-41-38-29-26-23-19-15-11-7-3/h68-70,75H,5-67H2,1-4H3,(H,80,81)(H,82,83)/t68-,69+,70+/m0/s1. The molecule has 0 rings (SSSR count). The van der Waals surface area contributed by atoms with Crippen LogP contribution in [0.2, 0.25) is 0 Å². The Bertz CT molecular complexity index is 1770. The second kappa shape index (κ2) is 68.6. The molecular formula is C74H144O17P2. The predicted octanol–water partition coefficient (Wildman–Crippen LogP) is 21.8. The highest BCUT2D eigenvalue weighted by Gasteiger charge is 2.30. The molecule has 0 radical (unpaired) electrons. The Morgan fingerprint density at radius 2 is 0.430 bits per heavy atom. The zero-order valence-electron chi connectivity index (χ0n) is 60.2. The minimum atomic E-state index is -4.95. The average Bonchev–Trinajstić information content (AvgIpc) is 2.83. The lowest BCUT2D eigenvalue weighted by Gasteiger charge is -2.21. The zero-order chi connectivity index (χ0) is 68.2. The highest BCUT2D eigenvalue weighted by Crippen LogP contribution is 2.45. The lowest BCUT2D eigenvalue weighted by Crippen LogP contribution is -2.30. The number of esters is 4. The van der Waals surface area contributed by atoms with E-state index in [-0.39, 0.29) is 25.7 Å². The van der Waals surface area contributed by atoms with Crippen LogP contribution >= 0.6 is 15.6 Å². The number of carbonyl (C=O) groups is 4. The fourth-order valence-electron chi connectivity index (χ4n) is 11.4. The third kappa shape index (κ3) is 68.4. The summed E-state index contributed by atoms with van der Waals surface area (Å²) >= 11 is 0. The van der Waals surface area contributed by atoms with Gasteiger partial charge in [0.1, 0.15) is 19.3 Å². The van der Waals surface area contributed by atoms with Crippen LogP contribution in [0.4, 0.5) is 0 Å². The van der Waals surface area contributed by atoms with Crippen molar-refractivity contribution in [1.82, 2.24) is 0 Å². The largest absolute Gasteiger partial charge is 0.472 e. The van der Waals surface area contributed by atoms with Crippen LogP contribution in [0.25, 0.3) is 0 Å². The Balaban J connectivity index is 5.16. The molecule has 2 unspecified atom stereocenters. The van der Waals surface area contributed by atoms with Crippen molar-refractivity contribution >= 4 is 39.5 Å². The summed E-state index contributed by atoms with van der Waals surface area (Å²) in [6.07, 6.45) is 58.4. The first-order valence-corrected chi connectivity index (χ1v) is 41.8. The van der Waals surface area contributed by atoms with Crippen LogP contribution in [-0.4, -0.2) is 96.7 Å². The van der Waals surface area contributed by atoms with Crippen molar-refractivity contribution in [1.29, 1.82) is 0 Å². The van der Waals surface area contributed by atoms with Crippen molar-refractivity contribution in [2.75, 3.05) is 39.6 Å². The van der Waals surface area contributed by atoms with E-state index in [1.807, 2.05) is 0 Å². The number of ether oxygens (including phenoxy) is 4. The maximum absolute atomic E-state index is 13.1. The van der Waals surface area contributed by atoms with Crippen LogP contribution < -0.4 is 0 Å². The Kier molecular flexibility index (Phi) is 67.1. The Morgan fingerprint density at radius 3 is 0.634 bits per heavy atom. The summed E-state index contributed by atoms with van der Waals surface area (Å²) in [6, 6.07) is 0. The van der Waals surface area contributed by atoms with Gasteiger partial charge in [-0.15, -0.1) is 0 Å². The maximum atomic E-state index is 13.1. The van der Waals surface area contributed by atoms with Crippen molar-refractivity contribution < 1.29 is 80.2 Å². The SMILES string of the molecule is CCCCCCCCCCCCCCCCCCCCCCC(=O)O[C@H](COC(=O)CCCCCCCCCCCCCCC)COP(=O)(O)OC[C@@H](O)COP(=O)(O)OC[C@@H](COC(=O)CCCCCCCCC)OC(=O)CCCCCCCCCCCCCCC. The van der Waals surface area contributed by atoms with Gasteiger partial charge >= 0.3 is 39.5 Å². The molecule has 0 amide bonds. The fraction of sp³-hybridized carbons (Fsp3) is 0.946. The second-order valence-electron chi connectivity index (χ2n) is 26.7. The number of phosphoric acid groups is 2. The highest BCUT2D eigenvalue weighted by molar-refractivity contribution is 7.47. The first-order valence-electron chi connectivity index (χ1n) is 38.8. The minimum Gasteiger partial charge on any atom is -0.462 e. The number of hydrogen-bond acceptors (Lipinski definition) is 15. The van der Waals surface area contributed by atoms with Gasteiger partial charge in [0.15, 0.2) is 12.2 Å². The van der Waals surface area contributed by atoms with E-state index in [0.717, 1.165) is 103 Å². The third-order valence-corrected chi connectivity index (χ3v) is 19.3. The van der Waals surface area contributed by atoms with Gasteiger partial charge in [-0.25, -0.2) is 9.13 Å². The molecule has 0 bridgehead atoms. The van der Waals surface area contributed by atoms with Gasteiger partial charge in [-0.3, -0.25) is 37.3 Å². The molecule has 0 aromatic heterocycles. The smallest absolute Gasteiger partial charge is 0.462 e. The van der Waals surface area contributed by atoms with Crippen LogP contribution in [0.5, 0.6) is 0 Å². The van der Waals surface area contributed by atoms with Gasteiger partial charge < -0.3 is 33.8 Å². The van der Waals surface area contributed by atoms with Crippen molar-refractivity contribution in [3.63, 3.8) is 0 Å². The number of aliphatic hydroxyl groups is 1. The van der Waals surface area contributed by atoms with E-state index in [1.165, 1.54) is 212 Å². The molecule has 0 aromatic carbocycles. The monoisotopic (exact) mass is 1370 g/mol. The molecule has 0 aromatic rings. The van der Waals surface area contributed by atoms with Gasteiger partial charge in [-0.1, -0.05) is 342 Å². The van der Waals surface area contributed by atoms with Crippen LogP contribution in [0.3, 0.4) is 0 Å². The minimum absolute atomic E-state index is 0.108. The molecule has 0 aliphatic carbocycles. The number of carbonyl (C=O) groups excluding carboxylic acids is 4. The van der Waals surface area contributed by atoms with Crippen LogP contribution in [0.15, 0.2) is 0 Å². The molecule has 0 heterocycles. The van der Waals surface area contributed by atoms with Gasteiger partial charge in [-0.2, -0.15) is 0 Å². The van der Waals surface area contributed by atoms with E-state index in [1.54, 1.807) is 0 Å². The summed E-state index contributed by atoms with van der Waals surface area (Å²) in [5.74, 6) is -2.12. The lowest BCUT2D eigenvalue weighted by atomic mass is 10.0. The Hall–Kier alpha value is -1.94. The molecule has 0 fully saturated rings. The van der Waals surface area contributed by atoms with Gasteiger partial charge in [0.25, 0.3) is 0 Å². The molecule has 0 spiro atoms. The molecule has 0 saturated carbocycles. The van der Waals surface area contributed by atoms with Gasteiger partial charge in [0.05, 0.1) is 26.4 Å². The molecular weight excluding hydrogens is 1220 g/mol. The van der Waals surface area contributed by atoms with Gasteiger partial charge in [0.2, 0.25) is 0 Å². The van der Waals surface area contributed by atoms with Crippen molar-refractivity contribution in [3.05, 3.63) is 0 Å². The lowest BCUT2D eigenvalue weighted by molar-refractivity contribution is -0.161. The summed E-state index contributed by atoms with van der Waals surface area (Å²) < 4.78 is 68.3. The molecule has 93 heavy (non-hydrogen) atoms. The summed E-state index contributed by atoms with van der Waals surface area (Å²) in [6.45, 7) is 4.94. The number of rotatable bonds is 75. The van der Waals surface area contributed by atoms with Crippen LogP contribution in [-0.2, 0) is 65.4 Å². The fourth-order valence-corrected chi connectivity index (χ4v) is 13.0. The van der Waals surface area contributed by atoms with E-state index >= 15 is 0 Å². The van der Waals surface area contributed by atoms with Gasteiger partial charge in [0, 0.05) is 25.7 Å². The summed E-state index contributed by atoms with van der Waals surface area (Å²) in [7, 11) is -9.90. The number of hydrogen-bond donors (Lipinski definition) is 3. The van der Waals surface area contributed by atoms with Crippen LogP contribution in [0, 0.1) is 0 Å². The maximum Gasteiger partial charge on any atom is 0.472 e. The molecule has 552 valence electrons. The highest BCUT2D eigenvalue weighted by atomic mass is 31.2. The first-order chi connectivity index (χ1) is 45.2. The average molecular weight is 1370 g/mol. The predicted molar refractivity (Wildman–Crippen MR) is 377 cm³/mol. The number of unbranched alkanes of at least 4 members (excludes halogenated alkanes) is 49. The Labute approximate surface area is 568 Å². The number of phosphoric ester groups is 2. The summed E-state index contributed by atoms with van der Waals surface area (Å²) in [5.41, 5.74) is 0. The molecule has 0 saturated heterocycles. The zero-order valence-corrected chi connectivity index (χ0v) is 62.0. The van der Waals surface area contributed by atoms with Crippen molar-refractivity contribution in [2.45, 2.75) is 412 Å². The molecule has 0 aliphatic rings. The third-order valence-electron chi connectivity index (χ3n) is 17.4. The summed E-state index contributed by atoms with van der Waals surface area (Å²) in [4.78, 5) is 72.6. The number of aliphatic hydroxyl groups excluding tert-OH is 1. The van der Waals surface area contributed by atoms with E-state index in [0.29, 0.717) is 25.7 Å². The quantitative estimate of drug-likeness (QED) is 0.0222. The Morgan fingerprint density at radius 1 is 0.258 bits per heavy atom. The van der Waals surface area contributed by atoms with E-state index in [9.17, 15) is 43.2 Å². The van der Waals surface area contributed by atoms with Crippen molar-refractivity contribution in [2.24, 2.45) is 0 Å². The van der Waals surface area contributed by atoms with E-state index < -0.39 is 97.5 Å². The first kappa shape index (κ1) is 91.1. The topological polar surface area (TPSA) is 237 Å². The summed E-state index contributed by atoms with van der Waals surface area (Å²) in [5, 5.41) is 10.6. The van der Waals surface area contributed by atoms with Gasteiger partial charge in [-0.05, 0) is 25.7 Å². The van der Waals surface area contributed by atoms with Crippen LogP contribution in [0.1, 0.15) is 394 Å².